The summed E-state index contributed by atoms with van der Waals surface area (Å²) in [5, 5.41) is 0. The van der Waals surface area contributed by atoms with Crippen LogP contribution in [-0.4, -0.2) is 69.2 Å². The Bertz CT molecular complexity index is 1170. The van der Waals surface area contributed by atoms with E-state index in [1.807, 2.05) is 37.3 Å². The molecule has 1 saturated heterocycles. The number of piperidine rings is 1. The summed E-state index contributed by atoms with van der Waals surface area (Å²) < 4.78 is 26.8. The van der Waals surface area contributed by atoms with Crippen molar-refractivity contribution in [1.29, 1.82) is 0 Å². The highest BCUT2D eigenvalue weighted by Crippen LogP contribution is 2.41. The first kappa shape index (κ1) is 24.2. The second kappa shape index (κ2) is 9.76. The van der Waals surface area contributed by atoms with Gasteiger partial charge in [0.2, 0.25) is 21.8 Å². The second-order valence-corrected chi connectivity index (χ2v) is 11.1. The minimum absolute atomic E-state index is 0.105. The van der Waals surface area contributed by atoms with Crippen molar-refractivity contribution >= 4 is 33.2 Å². The first-order valence-electron chi connectivity index (χ1n) is 11.7. The average molecular weight is 485 g/mol. The standard InChI is InChI=1S/C25H32N4O4S/c1-4-27(17-19-10-6-5-7-11-19)24(30)18-29-23-16-20(34(32,33)26(2)3)13-14-21(23)28-15-9-8-12-22(28)25(29)31/h5-7,10-11,13-14,16,22H,4,8-9,12,15,17-18H2,1-3H3. The van der Waals surface area contributed by atoms with E-state index in [2.05, 4.69) is 4.90 Å². The molecule has 2 heterocycles. The number of benzene rings is 2. The van der Waals surface area contributed by atoms with Gasteiger partial charge in [-0.1, -0.05) is 30.3 Å². The number of rotatable bonds is 7. The van der Waals surface area contributed by atoms with Crippen LogP contribution in [0.1, 0.15) is 31.7 Å². The Morgan fingerprint density at radius 3 is 2.47 bits per heavy atom. The molecule has 0 radical (unpaired) electrons. The van der Waals surface area contributed by atoms with E-state index in [0.29, 0.717) is 18.8 Å². The molecule has 8 nitrogen and oxygen atoms in total. The fourth-order valence-electron chi connectivity index (χ4n) is 4.69. The molecule has 0 saturated carbocycles. The molecule has 2 aliphatic heterocycles. The third-order valence-corrected chi connectivity index (χ3v) is 8.43. The summed E-state index contributed by atoms with van der Waals surface area (Å²) in [5.41, 5.74) is 2.30. The Labute approximate surface area is 201 Å². The van der Waals surface area contributed by atoms with Gasteiger partial charge in [-0.25, -0.2) is 12.7 Å². The number of hydrogen-bond acceptors (Lipinski definition) is 5. The van der Waals surface area contributed by atoms with Gasteiger partial charge < -0.3 is 9.80 Å². The van der Waals surface area contributed by atoms with Gasteiger partial charge >= 0.3 is 0 Å². The highest BCUT2D eigenvalue weighted by molar-refractivity contribution is 7.89. The van der Waals surface area contributed by atoms with Crippen LogP contribution in [0.15, 0.2) is 53.4 Å². The molecular formula is C25H32N4O4S. The van der Waals surface area contributed by atoms with Crippen molar-refractivity contribution in [3.8, 4) is 0 Å². The maximum Gasteiger partial charge on any atom is 0.250 e. The molecule has 182 valence electrons. The van der Waals surface area contributed by atoms with Crippen molar-refractivity contribution in [2.75, 3.05) is 43.5 Å². The monoisotopic (exact) mass is 484 g/mol. The third-order valence-electron chi connectivity index (χ3n) is 6.62. The predicted molar refractivity (Wildman–Crippen MR) is 132 cm³/mol. The number of fused-ring (bicyclic) bond motifs is 3. The van der Waals surface area contributed by atoms with Gasteiger partial charge in [-0.3, -0.25) is 14.5 Å². The molecule has 2 amide bonds. The van der Waals surface area contributed by atoms with Gasteiger partial charge in [-0.05, 0) is 49.9 Å². The molecule has 34 heavy (non-hydrogen) atoms. The summed E-state index contributed by atoms with van der Waals surface area (Å²) in [6.45, 7) is 3.49. The zero-order valence-corrected chi connectivity index (χ0v) is 20.8. The van der Waals surface area contributed by atoms with E-state index in [4.69, 9.17) is 0 Å². The molecule has 4 rings (SSSR count). The Balaban J connectivity index is 1.69. The van der Waals surface area contributed by atoms with E-state index in [9.17, 15) is 18.0 Å². The van der Waals surface area contributed by atoms with E-state index in [1.54, 1.807) is 17.0 Å². The first-order valence-corrected chi connectivity index (χ1v) is 13.1. The van der Waals surface area contributed by atoms with Crippen LogP contribution in [0.3, 0.4) is 0 Å². The van der Waals surface area contributed by atoms with Crippen LogP contribution in [-0.2, 0) is 26.2 Å². The van der Waals surface area contributed by atoms with Gasteiger partial charge in [0.25, 0.3) is 0 Å². The van der Waals surface area contributed by atoms with Crippen molar-refractivity contribution in [3.05, 3.63) is 54.1 Å². The van der Waals surface area contributed by atoms with Crippen LogP contribution in [0.5, 0.6) is 0 Å². The molecular weight excluding hydrogens is 452 g/mol. The van der Waals surface area contributed by atoms with Gasteiger partial charge in [-0.2, -0.15) is 0 Å². The Morgan fingerprint density at radius 1 is 1.06 bits per heavy atom. The van der Waals surface area contributed by atoms with Crippen LogP contribution in [0.4, 0.5) is 11.4 Å². The lowest BCUT2D eigenvalue weighted by Gasteiger charge is -2.45. The number of likely N-dealkylation sites (N-methyl/N-ethyl adjacent to an activating group) is 1. The SMILES string of the molecule is CCN(Cc1ccccc1)C(=O)CN1C(=O)C2CCCCN2c2ccc(S(=O)(=O)N(C)C)cc21. The van der Waals surface area contributed by atoms with Crippen molar-refractivity contribution in [3.63, 3.8) is 0 Å². The number of hydrogen-bond donors (Lipinski definition) is 0. The molecule has 0 spiro atoms. The molecule has 9 heteroatoms. The molecule has 2 aromatic carbocycles. The molecule has 2 aliphatic rings. The molecule has 0 N–H and O–H groups in total. The molecule has 0 bridgehead atoms. The number of nitrogens with zero attached hydrogens (tertiary/aromatic N) is 4. The summed E-state index contributed by atoms with van der Waals surface area (Å²) in [5.74, 6) is -0.313. The molecule has 2 aromatic rings. The smallest absolute Gasteiger partial charge is 0.250 e. The van der Waals surface area contributed by atoms with E-state index in [1.165, 1.54) is 25.1 Å². The summed E-state index contributed by atoms with van der Waals surface area (Å²) >= 11 is 0. The maximum atomic E-state index is 13.6. The van der Waals surface area contributed by atoms with Crippen molar-refractivity contribution in [1.82, 2.24) is 9.21 Å². The fourth-order valence-corrected chi connectivity index (χ4v) is 5.61. The van der Waals surface area contributed by atoms with Crippen LogP contribution in [0.2, 0.25) is 0 Å². The van der Waals surface area contributed by atoms with E-state index in [-0.39, 0.29) is 29.3 Å². The van der Waals surface area contributed by atoms with E-state index in [0.717, 1.165) is 41.4 Å². The molecule has 1 unspecified atom stereocenters. The highest BCUT2D eigenvalue weighted by atomic mass is 32.2. The minimum atomic E-state index is -3.69. The van der Waals surface area contributed by atoms with Crippen LogP contribution >= 0.6 is 0 Å². The maximum absolute atomic E-state index is 13.6. The fraction of sp³-hybridized carbons (Fsp3) is 0.440. The topological polar surface area (TPSA) is 81.2 Å². The number of anilines is 2. The van der Waals surface area contributed by atoms with Gasteiger partial charge in [0.1, 0.15) is 12.6 Å². The predicted octanol–water partition coefficient (Wildman–Crippen LogP) is 2.69. The Hall–Kier alpha value is -2.91. The summed E-state index contributed by atoms with van der Waals surface area (Å²) in [6, 6.07) is 14.3. The van der Waals surface area contributed by atoms with Gasteiger partial charge in [-0.15, -0.1) is 0 Å². The minimum Gasteiger partial charge on any atom is -0.358 e. The number of carbonyl (C=O) groups excluding carboxylic acids is 2. The summed E-state index contributed by atoms with van der Waals surface area (Å²) in [6.07, 6.45) is 2.65. The largest absolute Gasteiger partial charge is 0.358 e. The van der Waals surface area contributed by atoms with Gasteiger partial charge in [0.05, 0.1) is 16.3 Å². The average Bonchev–Trinajstić information content (AvgIpc) is 2.85. The van der Waals surface area contributed by atoms with Crippen molar-refractivity contribution < 1.29 is 18.0 Å². The Kier molecular flexibility index (Phi) is 6.95. The molecule has 0 aliphatic carbocycles. The number of sulfonamides is 1. The third kappa shape index (κ3) is 4.54. The molecule has 1 fully saturated rings. The van der Waals surface area contributed by atoms with Crippen LogP contribution in [0.25, 0.3) is 0 Å². The first-order chi connectivity index (χ1) is 16.2. The van der Waals surface area contributed by atoms with Crippen molar-refractivity contribution in [2.24, 2.45) is 0 Å². The summed E-state index contributed by atoms with van der Waals surface area (Å²) in [4.78, 5) is 32.3. The second-order valence-electron chi connectivity index (χ2n) is 8.96. The quantitative estimate of drug-likeness (QED) is 0.604. The number of amides is 2. The van der Waals surface area contributed by atoms with Crippen LogP contribution < -0.4 is 9.80 Å². The number of carbonyl (C=O) groups is 2. The molecule has 1 atom stereocenters. The lowest BCUT2D eigenvalue weighted by molar-refractivity contribution is -0.132. The van der Waals surface area contributed by atoms with E-state index < -0.39 is 10.0 Å². The zero-order valence-electron chi connectivity index (χ0n) is 20.0. The lowest BCUT2D eigenvalue weighted by Crippen LogP contribution is -2.57. The lowest BCUT2D eigenvalue weighted by atomic mass is 9.96. The normalized spacial score (nSPS) is 18.0. The van der Waals surface area contributed by atoms with Gasteiger partial charge in [0.15, 0.2) is 0 Å². The van der Waals surface area contributed by atoms with E-state index >= 15 is 0 Å². The molecule has 0 aromatic heterocycles. The van der Waals surface area contributed by atoms with Gasteiger partial charge in [0, 0.05) is 33.7 Å². The van der Waals surface area contributed by atoms with Crippen LogP contribution in [0, 0.1) is 0 Å². The summed E-state index contributed by atoms with van der Waals surface area (Å²) in [7, 11) is -0.736. The zero-order chi connectivity index (χ0) is 24.5. The van der Waals surface area contributed by atoms with Crippen molar-refractivity contribution in [2.45, 2.75) is 43.7 Å². The highest BCUT2D eigenvalue weighted by Gasteiger charge is 2.41. The Morgan fingerprint density at radius 2 is 1.79 bits per heavy atom.